The van der Waals surface area contributed by atoms with Crippen molar-refractivity contribution in [3.63, 3.8) is 0 Å². The molecule has 0 spiro atoms. The standard InChI is InChI=1S/C14H16N4O5/c1-8(2)17-13-9(4-10(6-16-13)18(21)22)5-11(14(17)20)23-7-12(19)15-3/h4-6,8H,7H2,1-3H3,(H,15,19). The minimum absolute atomic E-state index is 0.0582. The predicted molar refractivity (Wildman–Crippen MR) is 82.6 cm³/mol. The number of nitrogens with one attached hydrogen (secondary N) is 1. The molecule has 1 N–H and O–H groups in total. The van der Waals surface area contributed by atoms with Crippen molar-refractivity contribution < 1.29 is 14.5 Å². The Morgan fingerprint density at radius 2 is 2.17 bits per heavy atom. The highest BCUT2D eigenvalue weighted by Gasteiger charge is 2.17. The largest absolute Gasteiger partial charge is 0.478 e. The number of fused-ring (bicyclic) bond motifs is 1. The number of ether oxygens (including phenoxy) is 1. The van der Waals surface area contributed by atoms with Gasteiger partial charge in [0.15, 0.2) is 12.4 Å². The Labute approximate surface area is 131 Å². The zero-order chi connectivity index (χ0) is 17.1. The Morgan fingerprint density at radius 3 is 2.74 bits per heavy atom. The van der Waals surface area contributed by atoms with Crippen molar-refractivity contribution in [1.82, 2.24) is 14.9 Å². The molecule has 9 nitrogen and oxygen atoms in total. The molecule has 0 unspecified atom stereocenters. The first-order chi connectivity index (χ1) is 10.8. The van der Waals surface area contributed by atoms with Crippen LogP contribution in [0.25, 0.3) is 11.0 Å². The molecule has 0 atom stereocenters. The van der Waals surface area contributed by atoms with E-state index in [0.717, 1.165) is 6.20 Å². The van der Waals surface area contributed by atoms with Gasteiger partial charge in [0.25, 0.3) is 17.2 Å². The number of pyridine rings is 2. The lowest BCUT2D eigenvalue weighted by atomic mass is 10.2. The molecule has 0 radical (unpaired) electrons. The van der Waals surface area contributed by atoms with Gasteiger partial charge in [-0.05, 0) is 19.9 Å². The van der Waals surface area contributed by atoms with Gasteiger partial charge < -0.3 is 10.1 Å². The van der Waals surface area contributed by atoms with Gasteiger partial charge in [0.05, 0.1) is 4.92 Å². The Hall–Kier alpha value is -2.97. The Bertz CT molecular complexity index is 828. The lowest BCUT2D eigenvalue weighted by molar-refractivity contribution is -0.385. The summed E-state index contributed by atoms with van der Waals surface area (Å²) in [6.07, 6.45) is 1.10. The summed E-state index contributed by atoms with van der Waals surface area (Å²) in [5.41, 5.74) is -0.315. The van der Waals surface area contributed by atoms with Gasteiger partial charge in [0, 0.05) is 24.5 Å². The number of nitrogens with zero attached hydrogens (tertiary/aromatic N) is 3. The minimum atomic E-state index is -0.567. The first-order valence-corrected chi connectivity index (χ1v) is 6.88. The van der Waals surface area contributed by atoms with Gasteiger partial charge in [0.2, 0.25) is 0 Å². The third kappa shape index (κ3) is 3.28. The lowest BCUT2D eigenvalue weighted by Gasteiger charge is -2.15. The fourth-order valence-electron chi connectivity index (χ4n) is 2.09. The molecule has 2 aromatic heterocycles. The van der Waals surface area contributed by atoms with E-state index in [2.05, 4.69) is 10.3 Å². The number of hydrogen-bond donors (Lipinski definition) is 1. The second-order valence-electron chi connectivity index (χ2n) is 5.10. The van der Waals surface area contributed by atoms with E-state index in [9.17, 15) is 19.7 Å². The van der Waals surface area contributed by atoms with Crippen molar-refractivity contribution in [2.45, 2.75) is 19.9 Å². The summed E-state index contributed by atoms with van der Waals surface area (Å²) >= 11 is 0. The minimum Gasteiger partial charge on any atom is -0.478 e. The third-order valence-corrected chi connectivity index (χ3v) is 3.19. The fourth-order valence-corrected chi connectivity index (χ4v) is 2.09. The number of hydrogen-bond acceptors (Lipinski definition) is 6. The van der Waals surface area contributed by atoms with E-state index in [0.29, 0.717) is 11.0 Å². The molecular weight excluding hydrogens is 304 g/mol. The average Bonchev–Trinajstić information content (AvgIpc) is 2.51. The van der Waals surface area contributed by atoms with Gasteiger partial charge in [-0.2, -0.15) is 0 Å². The third-order valence-electron chi connectivity index (χ3n) is 3.19. The molecule has 0 bridgehead atoms. The molecule has 9 heteroatoms. The number of amides is 1. The van der Waals surface area contributed by atoms with Crippen LogP contribution in [0.3, 0.4) is 0 Å². The molecule has 0 saturated heterocycles. The van der Waals surface area contributed by atoms with Crippen molar-refractivity contribution in [2.24, 2.45) is 0 Å². The highest BCUT2D eigenvalue weighted by Crippen LogP contribution is 2.22. The van der Waals surface area contributed by atoms with E-state index < -0.39 is 16.4 Å². The molecule has 0 aliphatic carbocycles. The van der Waals surface area contributed by atoms with Gasteiger partial charge in [-0.1, -0.05) is 0 Å². The molecule has 0 saturated carbocycles. The van der Waals surface area contributed by atoms with Gasteiger partial charge in [-0.25, -0.2) is 4.98 Å². The van der Waals surface area contributed by atoms with E-state index in [1.54, 1.807) is 13.8 Å². The summed E-state index contributed by atoms with van der Waals surface area (Å²) in [5, 5.41) is 13.6. The van der Waals surface area contributed by atoms with Crippen LogP contribution in [0.4, 0.5) is 5.69 Å². The fraction of sp³-hybridized carbons (Fsp3) is 0.357. The summed E-state index contributed by atoms with van der Waals surface area (Å²) in [5.74, 6) is -0.449. The molecule has 0 aromatic carbocycles. The zero-order valence-corrected chi connectivity index (χ0v) is 12.9. The molecule has 2 aromatic rings. The van der Waals surface area contributed by atoms with E-state index >= 15 is 0 Å². The first kappa shape index (κ1) is 16.4. The molecule has 122 valence electrons. The van der Waals surface area contributed by atoms with Gasteiger partial charge in [-0.3, -0.25) is 24.3 Å². The van der Waals surface area contributed by atoms with Crippen LogP contribution < -0.4 is 15.6 Å². The number of nitro groups is 1. The summed E-state index contributed by atoms with van der Waals surface area (Å²) in [7, 11) is 1.45. The molecule has 2 rings (SSSR count). The highest BCUT2D eigenvalue weighted by molar-refractivity contribution is 5.80. The molecule has 23 heavy (non-hydrogen) atoms. The summed E-state index contributed by atoms with van der Waals surface area (Å²) < 4.78 is 6.62. The second-order valence-corrected chi connectivity index (χ2v) is 5.10. The van der Waals surface area contributed by atoms with Crippen LogP contribution in [0, 0.1) is 10.1 Å². The van der Waals surface area contributed by atoms with E-state index in [1.165, 1.54) is 23.7 Å². The predicted octanol–water partition coefficient (Wildman–Crippen LogP) is 1.01. The number of aromatic nitrogens is 2. The Morgan fingerprint density at radius 1 is 1.48 bits per heavy atom. The van der Waals surface area contributed by atoms with Crippen molar-refractivity contribution in [1.29, 1.82) is 0 Å². The van der Waals surface area contributed by atoms with Crippen LogP contribution in [-0.2, 0) is 4.79 Å². The number of likely N-dealkylation sites (N-methyl/N-ethyl adjacent to an activating group) is 1. The molecule has 2 heterocycles. The number of rotatable bonds is 5. The first-order valence-electron chi connectivity index (χ1n) is 6.88. The highest BCUT2D eigenvalue weighted by atomic mass is 16.6. The van der Waals surface area contributed by atoms with E-state index in [1.807, 2.05) is 0 Å². The molecule has 1 amide bonds. The molecule has 0 aliphatic heterocycles. The summed E-state index contributed by atoms with van der Waals surface area (Å²) in [6, 6.07) is 2.44. The SMILES string of the molecule is CNC(=O)COc1cc2cc([N+](=O)[O-])cnc2n(C(C)C)c1=O. The van der Waals surface area contributed by atoms with Crippen molar-refractivity contribution in [3.8, 4) is 5.75 Å². The van der Waals surface area contributed by atoms with Crippen LogP contribution >= 0.6 is 0 Å². The molecular formula is C14H16N4O5. The van der Waals surface area contributed by atoms with Gasteiger partial charge >= 0.3 is 0 Å². The maximum absolute atomic E-state index is 12.5. The van der Waals surface area contributed by atoms with Crippen LogP contribution in [0.15, 0.2) is 23.1 Å². The van der Waals surface area contributed by atoms with Gasteiger partial charge in [-0.15, -0.1) is 0 Å². The monoisotopic (exact) mass is 320 g/mol. The van der Waals surface area contributed by atoms with Crippen LogP contribution in [-0.4, -0.2) is 34.0 Å². The maximum atomic E-state index is 12.5. The lowest BCUT2D eigenvalue weighted by Crippen LogP contribution is -2.29. The maximum Gasteiger partial charge on any atom is 0.294 e. The number of carbonyl (C=O) groups excluding carboxylic acids is 1. The van der Waals surface area contributed by atoms with Gasteiger partial charge in [0.1, 0.15) is 11.8 Å². The second kappa shape index (κ2) is 6.42. The normalized spacial score (nSPS) is 10.8. The van der Waals surface area contributed by atoms with E-state index in [-0.39, 0.29) is 24.1 Å². The van der Waals surface area contributed by atoms with Crippen molar-refractivity contribution in [2.75, 3.05) is 13.7 Å². The van der Waals surface area contributed by atoms with Crippen LogP contribution in [0.2, 0.25) is 0 Å². The van der Waals surface area contributed by atoms with Crippen molar-refractivity contribution in [3.05, 3.63) is 38.8 Å². The molecule has 0 aliphatic rings. The number of carbonyl (C=O) groups is 1. The van der Waals surface area contributed by atoms with Crippen molar-refractivity contribution >= 4 is 22.6 Å². The molecule has 0 fully saturated rings. The topological polar surface area (TPSA) is 116 Å². The summed E-state index contributed by atoms with van der Waals surface area (Å²) in [4.78, 5) is 38.1. The Kier molecular flexibility index (Phi) is 4.58. The van der Waals surface area contributed by atoms with E-state index in [4.69, 9.17) is 4.74 Å². The summed E-state index contributed by atoms with van der Waals surface area (Å²) in [6.45, 7) is 3.25. The Balaban J connectivity index is 2.63. The average molecular weight is 320 g/mol. The van der Waals surface area contributed by atoms with Crippen LogP contribution in [0.1, 0.15) is 19.9 Å². The quantitative estimate of drug-likeness (QED) is 0.649. The smallest absolute Gasteiger partial charge is 0.294 e. The van der Waals surface area contributed by atoms with Crippen LogP contribution in [0.5, 0.6) is 5.75 Å². The zero-order valence-electron chi connectivity index (χ0n) is 12.9.